The van der Waals surface area contributed by atoms with E-state index in [0.717, 1.165) is 31.6 Å². The molecule has 2 atom stereocenters. The zero-order valence-electron chi connectivity index (χ0n) is 10.9. The predicted octanol–water partition coefficient (Wildman–Crippen LogP) is 2.28. The predicted molar refractivity (Wildman–Crippen MR) is 72.5 cm³/mol. The lowest BCUT2D eigenvalue weighted by molar-refractivity contribution is -0.133. The number of nitrogens with zero attached hydrogens (tertiary/aromatic N) is 1. The highest BCUT2D eigenvalue weighted by Crippen LogP contribution is 2.27. The number of carbonyl (C=O) groups excluding carboxylic acids is 1. The molecule has 96 valence electrons. The number of likely N-dealkylation sites (tertiary alicyclic amines) is 1. The first-order valence-electron chi connectivity index (χ1n) is 6.87. The Morgan fingerprint density at radius 2 is 2.22 bits per heavy atom. The van der Waals surface area contributed by atoms with Crippen LogP contribution in [0, 0.1) is 5.92 Å². The standard InChI is InChI=1S/C15H20N2O/c1-11-5-4-8-17(10-11)15(18)14-9-12-6-2-3-7-13(12)16-14/h2-3,6-7,11,14,16H,4-5,8-10H2,1H3/t11-,14+/m0/s1. The summed E-state index contributed by atoms with van der Waals surface area (Å²) in [5.41, 5.74) is 2.39. The summed E-state index contributed by atoms with van der Waals surface area (Å²) in [6.45, 7) is 4.08. The van der Waals surface area contributed by atoms with Crippen molar-refractivity contribution in [2.24, 2.45) is 5.92 Å². The highest BCUT2D eigenvalue weighted by molar-refractivity contribution is 5.87. The minimum Gasteiger partial charge on any atom is -0.373 e. The first-order chi connectivity index (χ1) is 8.74. The molecule has 0 aliphatic carbocycles. The van der Waals surface area contributed by atoms with E-state index in [0.29, 0.717) is 5.92 Å². The summed E-state index contributed by atoms with van der Waals surface area (Å²) >= 11 is 0. The average molecular weight is 244 g/mol. The van der Waals surface area contributed by atoms with Crippen molar-refractivity contribution in [3.8, 4) is 0 Å². The van der Waals surface area contributed by atoms with E-state index in [4.69, 9.17) is 0 Å². The molecule has 3 heteroatoms. The van der Waals surface area contributed by atoms with Crippen LogP contribution in [-0.4, -0.2) is 29.9 Å². The lowest BCUT2D eigenvalue weighted by Crippen LogP contribution is -2.46. The van der Waals surface area contributed by atoms with Gasteiger partial charge in [0.1, 0.15) is 6.04 Å². The van der Waals surface area contributed by atoms with Crippen molar-refractivity contribution >= 4 is 11.6 Å². The van der Waals surface area contributed by atoms with Gasteiger partial charge in [-0.2, -0.15) is 0 Å². The van der Waals surface area contributed by atoms with Crippen molar-refractivity contribution in [2.45, 2.75) is 32.2 Å². The Morgan fingerprint density at radius 3 is 3.00 bits per heavy atom. The number of para-hydroxylation sites is 1. The van der Waals surface area contributed by atoms with Crippen LogP contribution in [0.2, 0.25) is 0 Å². The molecule has 2 heterocycles. The van der Waals surface area contributed by atoms with Gasteiger partial charge in [-0.15, -0.1) is 0 Å². The number of nitrogens with one attached hydrogen (secondary N) is 1. The molecule has 0 aromatic heterocycles. The second-order valence-electron chi connectivity index (χ2n) is 5.59. The third-order valence-corrected chi connectivity index (χ3v) is 4.04. The first kappa shape index (κ1) is 11.6. The molecule has 3 rings (SSSR count). The number of amides is 1. The van der Waals surface area contributed by atoms with E-state index in [1.165, 1.54) is 12.0 Å². The van der Waals surface area contributed by atoms with Crippen molar-refractivity contribution in [3.63, 3.8) is 0 Å². The van der Waals surface area contributed by atoms with E-state index in [9.17, 15) is 4.79 Å². The Morgan fingerprint density at radius 1 is 1.39 bits per heavy atom. The van der Waals surface area contributed by atoms with Gasteiger partial charge < -0.3 is 10.2 Å². The minimum absolute atomic E-state index is 0.0484. The quantitative estimate of drug-likeness (QED) is 0.822. The summed E-state index contributed by atoms with van der Waals surface area (Å²) in [6.07, 6.45) is 3.23. The fourth-order valence-electron chi connectivity index (χ4n) is 3.06. The number of rotatable bonds is 1. The molecule has 1 amide bonds. The van der Waals surface area contributed by atoms with Crippen LogP contribution in [0.15, 0.2) is 24.3 Å². The Balaban J connectivity index is 1.68. The van der Waals surface area contributed by atoms with Crippen LogP contribution >= 0.6 is 0 Å². The largest absolute Gasteiger partial charge is 0.373 e. The summed E-state index contributed by atoms with van der Waals surface area (Å²) in [4.78, 5) is 14.5. The summed E-state index contributed by atoms with van der Waals surface area (Å²) in [5.74, 6) is 0.921. The van der Waals surface area contributed by atoms with Crippen molar-refractivity contribution < 1.29 is 4.79 Å². The highest BCUT2D eigenvalue weighted by atomic mass is 16.2. The van der Waals surface area contributed by atoms with Crippen LogP contribution < -0.4 is 5.32 Å². The maximum Gasteiger partial charge on any atom is 0.245 e. The van der Waals surface area contributed by atoms with Crippen LogP contribution in [0.1, 0.15) is 25.3 Å². The van der Waals surface area contributed by atoms with Crippen LogP contribution in [0.25, 0.3) is 0 Å². The molecule has 0 spiro atoms. The molecule has 3 nitrogen and oxygen atoms in total. The Kier molecular flexibility index (Phi) is 2.98. The van der Waals surface area contributed by atoms with Gasteiger partial charge in [0.15, 0.2) is 0 Å². The number of fused-ring (bicyclic) bond motifs is 1. The summed E-state index contributed by atoms with van der Waals surface area (Å²) < 4.78 is 0. The van der Waals surface area contributed by atoms with Crippen molar-refractivity contribution in [3.05, 3.63) is 29.8 Å². The maximum absolute atomic E-state index is 12.5. The van der Waals surface area contributed by atoms with E-state index < -0.39 is 0 Å². The third-order valence-electron chi connectivity index (χ3n) is 4.04. The fraction of sp³-hybridized carbons (Fsp3) is 0.533. The topological polar surface area (TPSA) is 32.3 Å². The monoisotopic (exact) mass is 244 g/mol. The van der Waals surface area contributed by atoms with E-state index in [-0.39, 0.29) is 11.9 Å². The first-order valence-corrected chi connectivity index (χ1v) is 6.87. The van der Waals surface area contributed by atoms with Gasteiger partial charge in [0.05, 0.1) is 0 Å². The van der Waals surface area contributed by atoms with Crippen LogP contribution in [0.3, 0.4) is 0 Å². The molecule has 0 bridgehead atoms. The average Bonchev–Trinajstić information content (AvgIpc) is 2.81. The van der Waals surface area contributed by atoms with Gasteiger partial charge in [0.2, 0.25) is 5.91 Å². The molecule has 1 aromatic rings. The molecular weight excluding hydrogens is 224 g/mol. The van der Waals surface area contributed by atoms with Gasteiger partial charge in [-0.1, -0.05) is 25.1 Å². The van der Waals surface area contributed by atoms with E-state index >= 15 is 0 Å². The van der Waals surface area contributed by atoms with Crippen molar-refractivity contribution in [1.29, 1.82) is 0 Å². The smallest absolute Gasteiger partial charge is 0.245 e. The molecule has 1 N–H and O–H groups in total. The van der Waals surface area contributed by atoms with Crippen molar-refractivity contribution in [1.82, 2.24) is 4.90 Å². The summed E-state index contributed by atoms with van der Waals surface area (Å²) in [6, 6.07) is 8.17. The number of benzene rings is 1. The van der Waals surface area contributed by atoms with Gasteiger partial charge in [-0.05, 0) is 30.4 Å². The molecule has 2 aliphatic rings. The van der Waals surface area contributed by atoms with Gasteiger partial charge in [-0.25, -0.2) is 0 Å². The van der Waals surface area contributed by atoms with Gasteiger partial charge in [0.25, 0.3) is 0 Å². The minimum atomic E-state index is -0.0484. The van der Waals surface area contributed by atoms with Crippen molar-refractivity contribution in [2.75, 3.05) is 18.4 Å². The Labute approximate surface area is 108 Å². The number of anilines is 1. The molecule has 18 heavy (non-hydrogen) atoms. The van der Waals surface area contributed by atoms with Gasteiger partial charge >= 0.3 is 0 Å². The van der Waals surface area contributed by atoms with Crippen LogP contribution in [-0.2, 0) is 11.2 Å². The molecular formula is C15H20N2O. The third kappa shape index (κ3) is 2.09. The second-order valence-corrected chi connectivity index (χ2v) is 5.59. The molecule has 0 unspecified atom stereocenters. The number of carbonyl (C=O) groups is 1. The molecule has 2 aliphatic heterocycles. The van der Waals surface area contributed by atoms with Crippen LogP contribution in [0.5, 0.6) is 0 Å². The lowest BCUT2D eigenvalue weighted by atomic mass is 9.99. The van der Waals surface area contributed by atoms with Gasteiger partial charge in [-0.3, -0.25) is 4.79 Å². The molecule has 0 saturated carbocycles. The van der Waals surface area contributed by atoms with Gasteiger partial charge in [0, 0.05) is 25.2 Å². The molecule has 1 aromatic carbocycles. The zero-order chi connectivity index (χ0) is 12.5. The molecule has 1 saturated heterocycles. The van der Waals surface area contributed by atoms with E-state index in [1.54, 1.807) is 0 Å². The molecule has 1 fully saturated rings. The van der Waals surface area contributed by atoms with E-state index in [2.05, 4.69) is 24.4 Å². The number of hydrogen-bond acceptors (Lipinski definition) is 2. The highest BCUT2D eigenvalue weighted by Gasteiger charge is 2.31. The van der Waals surface area contributed by atoms with E-state index in [1.807, 2.05) is 17.0 Å². The lowest BCUT2D eigenvalue weighted by Gasteiger charge is -2.32. The fourth-order valence-corrected chi connectivity index (χ4v) is 3.06. The van der Waals surface area contributed by atoms with Crippen LogP contribution in [0.4, 0.5) is 5.69 Å². The Hall–Kier alpha value is -1.51. The summed E-state index contributed by atoms with van der Waals surface area (Å²) in [5, 5.41) is 3.36. The zero-order valence-corrected chi connectivity index (χ0v) is 10.9. The SMILES string of the molecule is C[C@H]1CCCN(C(=O)[C@H]2Cc3ccccc3N2)C1. The Bertz CT molecular complexity index is 433. The normalized spacial score (nSPS) is 26.6. The maximum atomic E-state index is 12.5. The summed E-state index contributed by atoms with van der Waals surface area (Å²) in [7, 11) is 0. The number of hydrogen-bond donors (Lipinski definition) is 1. The second kappa shape index (κ2) is 4.63. The molecule has 0 radical (unpaired) electrons. The number of piperidine rings is 1.